The molecule has 5 aromatic rings. The van der Waals surface area contributed by atoms with Gasteiger partial charge in [-0.2, -0.15) is 10.2 Å². The van der Waals surface area contributed by atoms with Crippen LogP contribution in [0.1, 0.15) is 24.0 Å². The van der Waals surface area contributed by atoms with Crippen LogP contribution >= 0.6 is 0 Å². The number of nitrogens with zero attached hydrogens (tertiary/aromatic N) is 6. The van der Waals surface area contributed by atoms with Crippen molar-refractivity contribution >= 4 is 27.9 Å². The van der Waals surface area contributed by atoms with Crippen molar-refractivity contribution in [1.82, 2.24) is 29.3 Å². The number of fused-ring (bicyclic) bond motifs is 2. The van der Waals surface area contributed by atoms with Crippen molar-refractivity contribution in [2.75, 3.05) is 25.0 Å². The lowest BCUT2D eigenvalue weighted by Crippen LogP contribution is -2.34. The Hall–Kier alpha value is -3.82. The summed E-state index contributed by atoms with van der Waals surface area (Å²) in [5.74, 6) is 0.925. The monoisotopic (exact) mass is 485 g/mol. The molecule has 184 valence electrons. The van der Waals surface area contributed by atoms with Crippen molar-refractivity contribution in [3.63, 3.8) is 0 Å². The predicted octanol–water partition coefficient (Wildman–Crippen LogP) is 4.21. The molecule has 2 aromatic carbocycles. The molecule has 8 nitrogen and oxygen atoms in total. The van der Waals surface area contributed by atoms with Crippen molar-refractivity contribution in [3.05, 3.63) is 84.2 Å². The van der Waals surface area contributed by atoms with Crippen LogP contribution < -0.4 is 5.32 Å². The van der Waals surface area contributed by atoms with Crippen molar-refractivity contribution in [3.8, 4) is 0 Å². The smallest absolute Gasteiger partial charge is 0.158 e. The molecule has 0 saturated carbocycles. The van der Waals surface area contributed by atoms with Crippen LogP contribution in [0.4, 0.5) is 15.9 Å². The molecule has 3 aromatic heterocycles. The van der Waals surface area contributed by atoms with Crippen LogP contribution in [0.2, 0.25) is 0 Å². The Morgan fingerprint density at radius 3 is 2.75 bits per heavy atom. The number of halogens is 1. The fraction of sp³-hybridized carbons (Fsp3) is 0.296. The minimum atomic E-state index is -0.244. The standard InChI is InChI=1S/C27H28FN7O/c28-23-3-1-2-20(12-23)15-35-25-5-4-24(13-22(25)14-30-35)32-27-26-21(8-11-34(26)31-18-29-27)16-33-9-6-19(17-36)7-10-33/h1-5,8,11-14,18-19,36H,6-7,9-10,15-17H2,(H,29,31,32). The number of piperidine rings is 1. The van der Waals surface area contributed by atoms with Crippen LogP contribution in [0.5, 0.6) is 0 Å². The van der Waals surface area contributed by atoms with Crippen LogP contribution in [0.15, 0.2) is 67.3 Å². The number of aliphatic hydroxyl groups excluding tert-OH is 1. The lowest BCUT2D eigenvalue weighted by atomic mass is 9.97. The van der Waals surface area contributed by atoms with Gasteiger partial charge >= 0.3 is 0 Å². The quantitative estimate of drug-likeness (QED) is 0.359. The summed E-state index contributed by atoms with van der Waals surface area (Å²) >= 11 is 0. The van der Waals surface area contributed by atoms with Gasteiger partial charge < -0.3 is 10.4 Å². The van der Waals surface area contributed by atoms with Crippen LogP contribution in [0, 0.1) is 11.7 Å². The minimum Gasteiger partial charge on any atom is -0.396 e. The number of hydrogen-bond donors (Lipinski definition) is 2. The number of nitrogens with one attached hydrogen (secondary N) is 1. The second kappa shape index (κ2) is 9.67. The molecular formula is C27H28FN7O. The molecule has 1 aliphatic heterocycles. The maximum Gasteiger partial charge on any atom is 0.158 e. The van der Waals surface area contributed by atoms with Crippen LogP contribution in [0.25, 0.3) is 16.4 Å². The van der Waals surface area contributed by atoms with E-state index in [2.05, 4.69) is 31.5 Å². The Bertz CT molecular complexity index is 1500. The van der Waals surface area contributed by atoms with Gasteiger partial charge in [-0.3, -0.25) is 9.58 Å². The SMILES string of the molecule is OCC1CCN(Cc2ccn3ncnc(Nc4ccc5c(cnn5Cc5cccc(F)c5)c4)c23)CC1. The summed E-state index contributed by atoms with van der Waals surface area (Å²) in [7, 11) is 0. The minimum absolute atomic E-state index is 0.244. The summed E-state index contributed by atoms with van der Waals surface area (Å²) in [6.07, 6.45) is 7.40. The fourth-order valence-corrected chi connectivity index (χ4v) is 5.04. The number of benzene rings is 2. The van der Waals surface area contributed by atoms with E-state index in [0.29, 0.717) is 12.5 Å². The van der Waals surface area contributed by atoms with E-state index in [-0.39, 0.29) is 12.4 Å². The highest BCUT2D eigenvalue weighted by molar-refractivity contribution is 5.85. The van der Waals surface area contributed by atoms with Gasteiger partial charge in [-0.1, -0.05) is 12.1 Å². The lowest BCUT2D eigenvalue weighted by molar-refractivity contribution is 0.127. The largest absolute Gasteiger partial charge is 0.396 e. The first kappa shape index (κ1) is 22.6. The molecule has 4 heterocycles. The number of aliphatic hydroxyl groups is 1. The molecule has 36 heavy (non-hydrogen) atoms. The maximum atomic E-state index is 13.6. The molecule has 0 aliphatic carbocycles. The summed E-state index contributed by atoms with van der Waals surface area (Å²) in [6.45, 7) is 3.57. The molecule has 2 N–H and O–H groups in total. The molecule has 1 fully saturated rings. The van der Waals surface area contributed by atoms with E-state index >= 15 is 0 Å². The van der Waals surface area contributed by atoms with Crippen molar-refractivity contribution in [2.45, 2.75) is 25.9 Å². The number of likely N-dealkylation sites (tertiary alicyclic amines) is 1. The molecule has 1 saturated heterocycles. The topological polar surface area (TPSA) is 83.5 Å². The molecule has 0 unspecified atom stereocenters. The van der Waals surface area contributed by atoms with Gasteiger partial charge in [-0.15, -0.1) is 0 Å². The average molecular weight is 486 g/mol. The Morgan fingerprint density at radius 2 is 1.92 bits per heavy atom. The summed E-state index contributed by atoms with van der Waals surface area (Å²) in [5, 5.41) is 22.8. The van der Waals surface area contributed by atoms with Crippen LogP contribution in [-0.2, 0) is 13.1 Å². The fourth-order valence-electron chi connectivity index (χ4n) is 5.04. The van der Waals surface area contributed by atoms with Crippen molar-refractivity contribution < 1.29 is 9.50 Å². The first-order chi connectivity index (χ1) is 17.7. The van der Waals surface area contributed by atoms with Gasteiger partial charge in [0.25, 0.3) is 0 Å². The zero-order valence-corrected chi connectivity index (χ0v) is 19.9. The van der Waals surface area contributed by atoms with E-state index in [1.165, 1.54) is 17.7 Å². The molecule has 0 bridgehead atoms. The third kappa shape index (κ3) is 4.55. The first-order valence-electron chi connectivity index (χ1n) is 12.3. The van der Waals surface area contributed by atoms with Gasteiger partial charge in [0.1, 0.15) is 17.7 Å². The number of hydrogen-bond acceptors (Lipinski definition) is 6. The third-order valence-corrected chi connectivity index (χ3v) is 7.02. The van der Waals surface area contributed by atoms with E-state index in [0.717, 1.165) is 66.0 Å². The molecule has 6 rings (SSSR count). The van der Waals surface area contributed by atoms with Crippen molar-refractivity contribution in [2.24, 2.45) is 5.92 Å². The highest BCUT2D eigenvalue weighted by Gasteiger charge is 2.20. The molecule has 0 spiro atoms. The molecule has 1 aliphatic rings. The first-order valence-corrected chi connectivity index (χ1v) is 12.3. The van der Waals surface area contributed by atoms with E-state index < -0.39 is 0 Å². The summed E-state index contributed by atoms with van der Waals surface area (Å²) in [6, 6.07) is 14.8. The van der Waals surface area contributed by atoms with E-state index in [1.54, 1.807) is 12.4 Å². The van der Waals surface area contributed by atoms with Crippen LogP contribution in [-0.4, -0.2) is 54.1 Å². The highest BCUT2D eigenvalue weighted by Crippen LogP contribution is 2.27. The molecular weight excluding hydrogens is 457 g/mol. The van der Waals surface area contributed by atoms with Crippen LogP contribution in [0.3, 0.4) is 0 Å². The van der Waals surface area contributed by atoms with Gasteiger partial charge in [0.2, 0.25) is 0 Å². The summed E-state index contributed by atoms with van der Waals surface area (Å²) < 4.78 is 17.3. The van der Waals surface area contributed by atoms with E-state index in [1.807, 2.05) is 45.9 Å². The summed E-state index contributed by atoms with van der Waals surface area (Å²) in [5.41, 5.74) is 4.89. The molecule has 0 radical (unpaired) electrons. The zero-order chi connectivity index (χ0) is 24.5. The summed E-state index contributed by atoms with van der Waals surface area (Å²) in [4.78, 5) is 6.98. The number of anilines is 2. The number of rotatable bonds is 7. The second-order valence-corrected chi connectivity index (χ2v) is 9.48. The van der Waals surface area contributed by atoms with Gasteiger partial charge in [-0.05, 0) is 79.4 Å². The Morgan fingerprint density at radius 1 is 1.03 bits per heavy atom. The Kier molecular flexibility index (Phi) is 6.08. The predicted molar refractivity (Wildman–Crippen MR) is 137 cm³/mol. The molecule has 0 atom stereocenters. The highest BCUT2D eigenvalue weighted by atomic mass is 19.1. The van der Waals surface area contributed by atoms with Gasteiger partial charge in [0.15, 0.2) is 5.82 Å². The van der Waals surface area contributed by atoms with Gasteiger partial charge in [0, 0.05) is 30.4 Å². The third-order valence-electron chi connectivity index (χ3n) is 7.02. The second-order valence-electron chi connectivity index (χ2n) is 9.48. The lowest BCUT2D eigenvalue weighted by Gasteiger charge is -2.30. The Labute approximate surface area is 208 Å². The maximum absolute atomic E-state index is 13.6. The Balaban J connectivity index is 1.23. The van der Waals surface area contributed by atoms with E-state index in [9.17, 15) is 9.50 Å². The van der Waals surface area contributed by atoms with Crippen molar-refractivity contribution in [1.29, 1.82) is 0 Å². The average Bonchev–Trinajstić information content (AvgIpc) is 3.49. The number of aromatic nitrogens is 5. The normalized spacial score (nSPS) is 15.2. The van der Waals surface area contributed by atoms with Gasteiger partial charge in [0.05, 0.1) is 18.3 Å². The van der Waals surface area contributed by atoms with E-state index in [4.69, 9.17) is 0 Å². The zero-order valence-electron chi connectivity index (χ0n) is 19.9. The molecule has 0 amide bonds. The van der Waals surface area contributed by atoms with Gasteiger partial charge in [-0.25, -0.2) is 13.9 Å². The molecule has 9 heteroatoms.